The van der Waals surface area contributed by atoms with E-state index in [4.69, 9.17) is 32.1 Å². The molecule has 10 heteroatoms. The number of nitrogens with zero attached hydrogens (tertiary/aromatic N) is 4. The Morgan fingerprint density at radius 2 is 2.09 bits per heavy atom. The van der Waals surface area contributed by atoms with E-state index in [-0.39, 0.29) is 17.3 Å². The number of anilines is 1. The maximum atomic E-state index is 14.2. The molecule has 0 saturated heterocycles. The number of rotatable bonds is 9. The van der Waals surface area contributed by atoms with Crippen LogP contribution in [0.3, 0.4) is 0 Å². The molecule has 1 aromatic heterocycles. The van der Waals surface area contributed by atoms with E-state index in [0.717, 1.165) is 0 Å². The van der Waals surface area contributed by atoms with Crippen LogP contribution >= 0.6 is 11.6 Å². The van der Waals surface area contributed by atoms with Crippen LogP contribution in [0.4, 0.5) is 10.1 Å². The minimum atomic E-state index is -0.767. The van der Waals surface area contributed by atoms with Crippen molar-refractivity contribution in [2.75, 3.05) is 39.6 Å². The second-order valence-electron chi connectivity index (χ2n) is 7.20. The summed E-state index contributed by atoms with van der Waals surface area (Å²) in [5.74, 6) is 0.0711. The maximum Gasteiger partial charge on any atom is 0.165 e. The number of methoxy groups -OCH3 is 1. The number of aromatic nitrogens is 2. The van der Waals surface area contributed by atoms with Gasteiger partial charge in [0.25, 0.3) is 0 Å². The summed E-state index contributed by atoms with van der Waals surface area (Å²) in [5.41, 5.74) is 7.15. The molecule has 3 rings (SSSR count). The van der Waals surface area contributed by atoms with Crippen molar-refractivity contribution < 1.29 is 19.0 Å². The number of benzene rings is 2. The second-order valence-corrected chi connectivity index (χ2v) is 7.61. The molecule has 0 aliphatic heterocycles. The van der Waals surface area contributed by atoms with Gasteiger partial charge >= 0.3 is 0 Å². The number of hydrogen-bond acceptors (Lipinski definition) is 8. The van der Waals surface area contributed by atoms with Crippen LogP contribution in [0, 0.1) is 17.1 Å². The lowest BCUT2D eigenvalue weighted by molar-refractivity contribution is 0.0759. The topological polar surface area (TPSA) is 118 Å². The van der Waals surface area contributed by atoms with E-state index < -0.39 is 11.9 Å². The first-order valence-electron chi connectivity index (χ1n) is 9.78. The number of nitriles is 1. The van der Waals surface area contributed by atoms with E-state index in [9.17, 15) is 9.50 Å². The summed E-state index contributed by atoms with van der Waals surface area (Å²) in [6.45, 7) is 0.929. The largest absolute Gasteiger partial charge is 0.493 e. The van der Waals surface area contributed by atoms with E-state index in [1.165, 1.54) is 19.5 Å². The van der Waals surface area contributed by atoms with Crippen molar-refractivity contribution in [1.82, 2.24) is 14.9 Å². The van der Waals surface area contributed by atoms with Crippen LogP contribution in [0.2, 0.25) is 5.02 Å². The molecule has 0 aliphatic rings. The van der Waals surface area contributed by atoms with E-state index in [0.29, 0.717) is 53.2 Å². The van der Waals surface area contributed by atoms with Gasteiger partial charge in [0.15, 0.2) is 17.3 Å². The zero-order chi connectivity index (χ0) is 23.3. The average Bonchev–Trinajstić information content (AvgIpc) is 2.79. The quantitative estimate of drug-likeness (QED) is 0.468. The van der Waals surface area contributed by atoms with Gasteiger partial charge in [0.1, 0.15) is 19.0 Å². The van der Waals surface area contributed by atoms with E-state index in [1.54, 1.807) is 18.2 Å². The van der Waals surface area contributed by atoms with Crippen molar-refractivity contribution in [3.63, 3.8) is 0 Å². The molecule has 3 N–H and O–H groups in total. The normalized spacial score (nSPS) is 12.0. The number of aliphatic hydroxyl groups is 1. The zero-order valence-corrected chi connectivity index (χ0v) is 18.4. The minimum absolute atomic E-state index is 0.0199. The third-order valence-electron chi connectivity index (χ3n) is 4.87. The fourth-order valence-electron chi connectivity index (χ4n) is 3.25. The predicted octanol–water partition coefficient (Wildman–Crippen LogP) is 3.27. The summed E-state index contributed by atoms with van der Waals surface area (Å²) in [7, 11) is 3.31. The Morgan fingerprint density at radius 1 is 1.31 bits per heavy atom. The minimum Gasteiger partial charge on any atom is -0.493 e. The molecular weight excluding hydrogens is 437 g/mol. The lowest BCUT2D eigenvalue weighted by Crippen LogP contribution is -2.33. The number of likely N-dealkylation sites (N-methyl/N-ethyl adjacent to an activating group) is 1. The molecule has 1 heterocycles. The molecule has 168 valence electrons. The van der Waals surface area contributed by atoms with Gasteiger partial charge in [-0.25, -0.2) is 14.4 Å². The molecule has 0 aliphatic carbocycles. The van der Waals surface area contributed by atoms with Crippen LogP contribution in [0.5, 0.6) is 11.5 Å². The highest BCUT2D eigenvalue weighted by atomic mass is 35.5. The molecule has 8 nitrogen and oxygen atoms in total. The molecule has 0 amide bonds. The summed E-state index contributed by atoms with van der Waals surface area (Å²) in [4.78, 5) is 10.4. The van der Waals surface area contributed by atoms with Gasteiger partial charge in [-0.15, -0.1) is 0 Å². The highest BCUT2D eigenvalue weighted by molar-refractivity contribution is 6.31. The van der Waals surface area contributed by atoms with E-state index >= 15 is 0 Å². The first-order valence-corrected chi connectivity index (χ1v) is 10.2. The number of halogens is 2. The number of ether oxygens (including phenoxy) is 2. The lowest BCUT2D eigenvalue weighted by Gasteiger charge is -2.20. The number of fused-ring (bicyclic) bond motifs is 1. The molecule has 0 radical (unpaired) electrons. The summed E-state index contributed by atoms with van der Waals surface area (Å²) in [6, 6.07) is 8.42. The van der Waals surface area contributed by atoms with Crippen LogP contribution < -0.4 is 15.2 Å². The Hall–Kier alpha value is -3.19. The molecule has 32 heavy (non-hydrogen) atoms. The molecular formula is C22H23ClFN5O3. The van der Waals surface area contributed by atoms with Crippen molar-refractivity contribution in [3.05, 3.63) is 41.4 Å². The fraction of sp³-hybridized carbons (Fsp3) is 0.318. The number of aliphatic hydroxyl groups excluding tert-OH is 1. The predicted molar refractivity (Wildman–Crippen MR) is 120 cm³/mol. The first-order chi connectivity index (χ1) is 15.3. The SMILES string of the molecule is COc1cc2c(-c3ccc(Cl)c(F)c3N)ncnc2cc1OCC(O)CN(C)CCC#N. The summed E-state index contributed by atoms with van der Waals surface area (Å²) >= 11 is 5.81. The van der Waals surface area contributed by atoms with Crippen LogP contribution in [0.1, 0.15) is 6.42 Å². The van der Waals surface area contributed by atoms with Gasteiger partial charge in [0.2, 0.25) is 0 Å². The van der Waals surface area contributed by atoms with Gasteiger partial charge in [-0.2, -0.15) is 5.26 Å². The highest BCUT2D eigenvalue weighted by Gasteiger charge is 2.18. The van der Waals surface area contributed by atoms with Crippen molar-refractivity contribution in [2.45, 2.75) is 12.5 Å². The van der Waals surface area contributed by atoms with Crippen LogP contribution in [-0.2, 0) is 0 Å². The molecule has 0 fully saturated rings. The van der Waals surface area contributed by atoms with Gasteiger partial charge < -0.3 is 25.2 Å². The van der Waals surface area contributed by atoms with Crippen LogP contribution in [0.25, 0.3) is 22.2 Å². The van der Waals surface area contributed by atoms with Gasteiger partial charge in [-0.05, 0) is 25.2 Å². The smallest absolute Gasteiger partial charge is 0.165 e. The number of nitrogens with two attached hydrogens (primary N) is 1. The third-order valence-corrected chi connectivity index (χ3v) is 5.16. The van der Waals surface area contributed by atoms with Gasteiger partial charge in [-0.1, -0.05) is 11.6 Å². The van der Waals surface area contributed by atoms with Gasteiger partial charge in [-0.3, -0.25) is 0 Å². The molecule has 1 unspecified atom stereocenters. The second kappa shape index (κ2) is 10.4. The highest BCUT2D eigenvalue weighted by Crippen LogP contribution is 2.38. The number of nitrogen functional groups attached to an aromatic ring is 1. The standard InChI is InChI=1S/C22H23ClFN5O3/c1-29(7-3-6-25)10-13(30)11-32-19-9-17-15(8-18(19)31-2)22(28-12-27-17)14-4-5-16(23)20(24)21(14)26/h4-5,8-9,12-13,30H,3,7,10-11,26H2,1-2H3. The van der Waals surface area contributed by atoms with Crippen molar-refractivity contribution in [1.29, 1.82) is 5.26 Å². The van der Waals surface area contributed by atoms with Gasteiger partial charge in [0, 0.05) is 36.5 Å². The lowest BCUT2D eigenvalue weighted by atomic mass is 10.0. The Labute approximate surface area is 190 Å². The van der Waals surface area contributed by atoms with Crippen LogP contribution in [0.15, 0.2) is 30.6 Å². The molecule has 2 aromatic carbocycles. The van der Waals surface area contributed by atoms with Gasteiger partial charge in [0.05, 0.1) is 35.1 Å². The molecule has 0 saturated carbocycles. The Morgan fingerprint density at radius 3 is 2.81 bits per heavy atom. The Balaban J connectivity index is 1.88. The summed E-state index contributed by atoms with van der Waals surface area (Å²) < 4.78 is 25.5. The molecule has 1 atom stereocenters. The van der Waals surface area contributed by atoms with Crippen molar-refractivity contribution in [3.8, 4) is 28.8 Å². The maximum absolute atomic E-state index is 14.2. The Bertz CT molecular complexity index is 1150. The molecule has 0 bridgehead atoms. The summed E-state index contributed by atoms with van der Waals surface area (Å²) in [5, 5.41) is 19.4. The molecule has 0 spiro atoms. The third kappa shape index (κ3) is 5.16. The first kappa shape index (κ1) is 23.5. The summed E-state index contributed by atoms with van der Waals surface area (Å²) in [6.07, 6.45) is 0.961. The number of hydrogen-bond donors (Lipinski definition) is 2. The van der Waals surface area contributed by atoms with E-state index in [1.807, 2.05) is 11.9 Å². The Kier molecular flexibility index (Phi) is 7.64. The monoisotopic (exact) mass is 459 g/mol. The fourth-order valence-corrected chi connectivity index (χ4v) is 3.42. The van der Waals surface area contributed by atoms with Crippen molar-refractivity contribution >= 4 is 28.2 Å². The van der Waals surface area contributed by atoms with Crippen molar-refractivity contribution in [2.24, 2.45) is 0 Å². The molecule has 3 aromatic rings. The van der Waals surface area contributed by atoms with Crippen LogP contribution in [-0.4, -0.2) is 59.9 Å². The van der Waals surface area contributed by atoms with E-state index in [2.05, 4.69) is 16.0 Å². The average molecular weight is 460 g/mol. The zero-order valence-electron chi connectivity index (χ0n) is 17.7.